The molecule has 0 spiro atoms. The van der Waals surface area contributed by atoms with Crippen LogP contribution in [0.2, 0.25) is 0 Å². The summed E-state index contributed by atoms with van der Waals surface area (Å²) in [6.07, 6.45) is 0.689. The molecule has 6 nitrogen and oxygen atoms in total. The highest BCUT2D eigenvalue weighted by Crippen LogP contribution is 2.14. The van der Waals surface area contributed by atoms with Crippen LogP contribution in [0.3, 0.4) is 0 Å². The number of rotatable bonds is 8. The molecule has 0 saturated carbocycles. The van der Waals surface area contributed by atoms with E-state index in [4.69, 9.17) is 4.74 Å². The molecular weight excluding hydrogens is 402 g/mol. The van der Waals surface area contributed by atoms with Crippen molar-refractivity contribution in [3.63, 3.8) is 0 Å². The van der Waals surface area contributed by atoms with Crippen LogP contribution in [-0.4, -0.2) is 22.0 Å². The van der Waals surface area contributed by atoms with Crippen molar-refractivity contribution in [2.45, 2.75) is 26.5 Å². The molecule has 1 N–H and O–H groups in total. The van der Waals surface area contributed by atoms with E-state index in [0.29, 0.717) is 36.3 Å². The molecule has 1 aromatic heterocycles. The predicted octanol–water partition coefficient (Wildman–Crippen LogP) is 3.64. The number of fused-ring (bicyclic) bond motifs is 1. The molecule has 3 aromatic carbocycles. The van der Waals surface area contributed by atoms with E-state index in [1.807, 2.05) is 60.7 Å². The average Bonchev–Trinajstić information content (AvgIpc) is 2.82. The van der Waals surface area contributed by atoms with Gasteiger partial charge in [0, 0.05) is 6.54 Å². The third-order valence-electron chi connectivity index (χ3n) is 5.26. The number of benzene rings is 3. The van der Waals surface area contributed by atoms with Crippen LogP contribution in [0, 0.1) is 6.92 Å². The lowest BCUT2D eigenvalue weighted by Crippen LogP contribution is -2.34. The Bertz CT molecular complexity index is 1270. The van der Waals surface area contributed by atoms with Crippen molar-refractivity contribution in [3.05, 3.63) is 106 Å². The number of nitrogens with zero attached hydrogens (tertiary/aromatic N) is 2. The fourth-order valence-electron chi connectivity index (χ4n) is 3.50. The van der Waals surface area contributed by atoms with Crippen LogP contribution in [-0.2, 0) is 24.4 Å². The highest BCUT2D eigenvalue weighted by Gasteiger charge is 2.11. The molecule has 0 saturated heterocycles. The van der Waals surface area contributed by atoms with Crippen molar-refractivity contribution in [2.24, 2.45) is 0 Å². The van der Waals surface area contributed by atoms with Gasteiger partial charge in [0.2, 0.25) is 5.91 Å². The summed E-state index contributed by atoms with van der Waals surface area (Å²) in [4.78, 5) is 29.5. The lowest BCUT2D eigenvalue weighted by molar-refractivity contribution is -0.121. The van der Waals surface area contributed by atoms with E-state index >= 15 is 0 Å². The zero-order chi connectivity index (χ0) is 22.3. The SMILES string of the molecule is Cc1nc2ccccc2c(=O)n1CC(=O)NCCc1ccc(OCc2ccccc2)cc1. The lowest BCUT2D eigenvalue weighted by Gasteiger charge is -2.11. The van der Waals surface area contributed by atoms with Gasteiger partial charge in [0.15, 0.2) is 0 Å². The summed E-state index contributed by atoms with van der Waals surface area (Å²) in [5, 5.41) is 3.40. The lowest BCUT2D eigenvalue weighted by atomic mass is 10.1. The molecule has 6 heteroatoms. The molecule has 1 amide bonds. The molecule has 0 unspecified atom stereocenters. The first kappa shape index (κ1) is 21.3. The normalized spacial score (nSPS) is 10.8. The van der Waals surface area contributed by atoms with Gasteiger partial charge in [-0.3, -0.25) is 14.2 Å². The predicted molar refractivity (Wildman–Crippen MR) is 125 cm³/mol. The number of para-hydroxylation sites is 1. The zero-order valence-corrected chi connectivity index (χ0v) is 18.0. The van der Waals surface area contributed by atoms with Crippen LogP contribution in [0.1, 0.15) is 17.0 Å². The standard InChI is InChI=1S/C26H25N3O3/c1-19-28-24-10-6-5-9-23(24)26(31)29(19)17-25(30)27-16-15-20-11-13-22(14-12-20)32-18-21-7-3-2-4-8-21/h2-14H,15-18H2,1H3,(H,27,30). The Morgan fingerprint density at radius 3 is 2.44 bits per heavy atom. The van der Waals surface area contributed by atoms with Crippen molar-refractivity contribution < 1.29 is 9.53 Å². The van der Waals surface area contributed by atoms with Gasteiger partial charge in [0.25, 0.3) is 5.56 Å². The second-order valence-corrected chi connectivity index (χ2v) is 7.59. The Kier molecular flexibility index (Phi) is 6.60. The number of aromatic nitrogens is 2. The fourth-order valence-corrected chi connectivity index (χ4v) is 3.50. The van der Waals surface area contributed by atoms with E-state index in [9.17, 15) is 9.59 Å². The Morgan fingerprint density at radius 2 is 1.66 bits per heavy atom. The van der Waals surface area contributed by atoms with Gasteiger partial charge < -0.3 is 10.1 Å². The quantitative estimate of drug-likeness (QED) is 0.466. The first-order valence-electron chi connectivity index (χ1n) is 10.6. The molecule has 32 heavy (non-hydrogen) atoms. The van der Waals surface area contributed by atoms with Crippen LogP contribution in [0.5, 0.6) is 5.75 Å². The van der Waals surface area contributed by atoms with E-state index in [2.05, 4.69) is 10.3 Å². The number of carbonyl (C=O) groups excluding carboxylic acids is 1. The van der Waals surface area contributed by atoms with Gasteiger partial charge in [-0.25, -0.2) is 4.98 Å². The second kappa shape index (κ2) is 9.92. The van der Waals surface area contributed by atoms with Gasteiger partial charge in [0.05, 0.1) is 10.9 Å². The van der Waals surface area contributed by atoms with E-state index in [1.165, 1.54) is 4.57 Å². The second-order valence-electron chi connectivity index (χ2n) is 7.59. The number of aryl methyl sites for hydroxylation is 1. The molecule has 0 aliphatic heterocycles. The summed E-state index contributed by atoms with van der Waals surface area (Å²) >= 11 is 0. The summed E-state index contributed by atoms with van der Waals surface area (Å²) in [6, 6.07) is 25.0. The van der Waals surface area contributed by atoms with E-state index in [1.54, 1.807) is 25.1 Å². The minimum absolute atomic E-state index is 0.0469. The van der Waals surface area contributed by atoms with E-state index in [0.717, 1.165) is 16.9 Å². The number of ether oxygens (including phenoxy) is 1. The minimum Gasteiger partial charge on any atom is -0.489 e. The summed E-state index contributed by atoms with van der Waals surface area (Å²) < 4.78 is 7.21. The van der Waals surface area contributed by atoms with Gasteiger partial charge in [-0.05, 0) is 48.7 Å². The number of amides is 1. The summed E-state index contributed by atoms with van der Waals surface area (Å²) in [7, 11) is 0. The Hall–Kier alpha value is -3.93. The van der Waals surface area contributed by atoms with Crippen LogP contribution < -0.4 is 15.6 Å². The number of carbonyl (C=O) groups is 1. The Balaban J connectivity index is 1.28. The smallest absolute Gasteiger partial charge is 0.261 e. The van der Waals surface area contributed by atoms with Crippen LogP contribution in [0.15, 0.2) is 83.7 Å². The monoisotopic (exact) mass is 427 g/mol. The number of hydrogen-bond donors (Lipinski definition) is 1. The van der Waals surface area contributed by atoms with Crippen molar-refractivity contribution in [3.8, 4) is 5.75 Å². The van der Waals surface area contributed by atoms with Gasteiger partial charge in [-0.15, -0.1) is 0 Å². The van der Waals surface area contributed by atoms with E-state index in [-0.39, 0.29) is 18.0 Å². The number of hydrogen-bond acceptors (Lipinski definition) is 4. The average molecular weight is 428 g/mol. The maximum atomic E-state index is 12.7. The van der Waals surface area contributed by atoms with Crippen molar-refractivity contribution in [1.82, 2.24) is 14.9 Å². The largest absolute Gasteiger partial charge is 0.489 e. The maximum Gasteiger partial charge on any atom is 0.261 e. The van der Waals surface area contributed by atoms with Crippen molar-refractivity contribution in [1.29, 1.82) is 0 Å². The van der Waals surface area contributed by atoms with E-state index < -0.39 is 0 Å². The molecule has 162 valence electrons. The molecule has 0 fully saturated rings. The number of nitrogens with one attached hydrogen (secondary N) is 1. The topological polar surface area (TPSA) is 73.2 Å². The van der Waals surface area contributed by atoms with Crippen LogP contribution in [0.25, 0.3) is 10.9 Å². The van der Waals surface area contributed by atoms with Gasteiger partial charge in [0.1, 0.15) is 24.7 Å². The van der Waals surface area contributed by atoms with Crippen LogP contribution >= 0.6 is 0 Å². The molecule has 4 aromatic rings. The fraction of sp³-hybridized carbons (Fsp3) is 0.192. The zero-order valence-electron chi connectivity index (χ0n) is 18.0. The summed E-state index contributed by atoms with van der Waals surface area (Å²) in [5.41, 5.74) is 2.66. The van der Waals surface area contributed by atoms with Gasteiger partial charge in [-0.1, -0.05) is 54.6 Å². The molecule has 0 aliphatic carbocycles. The first-order chi connectivity index (χ1) is 15.6. The van der Waals surface area contributed by atoms with Crippen molar-refractivity contribution >= 4 is 16.8 Å². The Morgan fingerprint density at radius 1 is 0.938 bits per heavy atom. The Labute approximate surface area is 186 Å². The highest BCUT2D eigenvalue weighted by atomic mass is 16.5. The maximum absolute atomic E-state index is 12.7. The molecule has 0 atom stereocenters. The molecule has 4 rings (SSSR count). The third-order valence-corrected chi connectivity index (χ3v) is 5.26. The molecule has 0 radical (unpaired) electrons. The highest BCUT2D eigenvalue weighted by molar-refractivity contribution is 5.79. The van der Waals surface area contributed by atoms with Gasteiger partial charge in [-0.2, -0.15) is 0 Å². The van der Waals surface area contributed by atoms with Crippen molar-refractivity contribution in [2.75, 3.05) is 6.54 Å². The molecule has 1 heterocycles. The first-order valence-corrected chi connectivity index (χ1v) is 10.6. The molecule has 0 aliphatic rings. The van der Waals surface area contributed by atoms with Gasteiger partial charge >= 0.3 is 0 Å². The molecular formula is C26H25N3O3. The summed E-state index contributed by atoms with van der Waals surface area (Å²) in [6.45, 7) is 2.70. The summed E-state index contributed by atoms with van der Waals surface area (Å²) in [5.74, 6) is 1.12. The third kappa shape index (κ3) is 5.21. The molecule has 0 bridgehead atoms. The van der Waals surface area contributed by atoms with Crippen LogP contribution in [0.4, 0.5) is 0 Å². The minimum atomic E-state index is -0.213.